The van der Waals surface area contributed by atoms with Gasteiger partial charge in [-0.2, -0.15) is 4.31 Å². The van der Waals surface area contributed by atoms with E-state index in [1.807, 2.05) is 77.7 Å². The van der Waals surface area contributed by atoms with Crippen LogP contribution in [0.3, 0.4) is 0 Å². The van der Waals surface area contributed by atoms with Gasteiger partial charge in [-0.05, 0) is 28.5 Å². The fraction of sp³-hybridized carbons (Fsp3) is 0.261. The van der Waals surface area contributed by atoms with Crippen LogP contribution < -0.4 is 5.32 Å². The summed E-state index contributed by atoms with van der Waals surface area (Å²) in [6.07, 6.45) is 0. The third-order valence-corrected chi connectivity index (χ3v) is 7.17. The zero-order valence-corrected chi connectivity index (χ0v) is 17.5. The highest BCUT2D eigenvalue weighted by molar-refractivity contribution is 7.88. The number of carbonyl (C=O) groups excluding carboxylic acids is 1. The van der Waals surface area contributed by atoms with E-state index >= 15 is 0 Å². The van der Waals surface area contributed by atoms with Crippen molar-refractivity contribution < 1.29 is 13.2 Å². The summed E-state index contributed by atoms with van der Waals surface area (Å²) in [5.74, 6) is -0.0816. The Morgan fingerprint density at radius 2 is 1.50 bits per heavy atom. The highest BCUT2D eigenvalue weighted by Crippen LogP contribution is 2.19. The Bertz CT molecular complexity index is 1120. The number of piperazine rings is 1. The predicted molar refractivity (Wildman–Crippen MR) is 120 cm³/mol. The molecular weight excluding hydrogens is 398 g/mol. The van der Waals surface area contributed by atoms with E-state index in [9.17, 15) is 13.2 Å². The monoisotopic (exact) mass is 423 g/mol. The van der Waals surface area contributed by atoms with Crippen LogP contribution in [0.25, 0.3) is 10.8 Å². The molecule has 0 aromatic heterocycles. The van der Waals surface area contributed by atoms with Crippen molar-refractivity contribution >= 4 is 32.4 Å². The molecule has 0 unspecified atom stereocenters. The molecule has 7 heteroatoms. The second kappa shape index (κ2) is 8.95. The number of anilines is 1. The molecule has 0 radical (unpaired) electrons. The summed E-state index contributed by atoms with van der Waals surface area (Å²) in [5, 5.41) is 5.15. The molecule has 3 aromatic rings. The summed E-state index contributed by atoms with van der Waals surface area (Å²) in [5.41, 5.74) is 1.55. The van der Waals surface area contributed by atoms with Gasteiger partial charge in [0.05, 0.1) is 12.3 Å². The highest BCUT2D eigenvalue weighted by Gasteiger charge is 2.27. The molecule has 30 heavy (non-hydrogen) atoms. The number of hydrogen-bond donors (Lipinski definition) is 1. The van der Waals surface area contributed by atoms with Crippen LogP contribution in [0.15, 0.2) is 72.8 Å². The molecule has 1 N–H and O–H groups in total. The van der Waals surface area contributed by atoms with Gasteiger partial charge in [-0.3, -0.25) is 9.69 Å². The van der Waals surface area contributed by atoms with Crippen molar-refractivity contribution in [2.75, 3.05) is 38.0 Å². The Labute approximate surface area is 177 Å². The molecule has 1 saturated heterocycles. The van der Waals surface area contributed by atoms with E-state index in [0.717, 1.165) is 22.0 Å². The number of benzene rings is 3. The Morgan fingerprint density at radius 3 is 2.23 bits per heavy atom. The standard InChI is InChI=1S/C23H25N3O3S/c27-23(24-22-11-10-20-8-4-5-9-21(20)16-22)17-25-12-14-26(15-13-25)30(28,29)18-19-6-2-1-3-7-19/h1-11,16H,12-15,17-18H2,(H,24,27). The summed E-state index contributed by atoms with van der Waals surface area (Å²) in [7, 11) is -3.35. The number of nitrogens with zero attached hydrogens (tertiary/aromatic N) is 2. The summed E-state index contributed by atoms with van der Waals surface area (Å²) in [6, 6.07) is 23.1. The summed E-state index contributed by atoms with van der Waals surface area (Å²) < 4.78 is 26.8. The third-order valence-electron chi connectivity index (χ3n) is 5.32. The zero-order valence-electron chi connectivity index (χ0n) is 16.7. The molecule has 1 aliphatic rings. The first kappa shape index (κ1) is 20.5. The largest absolute Gasteiger partial charge is 0.325 e. The van der Waals surface area contributed by atoms with Crippen LogP contribution in [-0.4, -0.2) is 56.3 Å². The van der Waals surface area contributed by atoms with Crippen LogP contribution in [0, 0.1) is 0 Å². The molecule has 0 aliphatic carbocycles. The van der Waals surface area contributed by atoms with E-state index in [4.69, 9.17) is 0 Å². The average molecular weight is 424 g/mol. The van der Waals surface area contributed by atoms with E-state index in [1.54, 1.807) is 0 Å². The molecule has 6 nitrogen and oxygen atoms in total. The van der Waals surface area contributed by atoms with Gasteiger partial charge in [0.2, 0.25) is 15.9 Å². The summed E-state index contributed by atoms with van der Waals surface area (Å²) in [4.78, 5) is 14.4. The minimum Gasteiger partial charge on any atom is -0.325 e. The van der Waals surface area contributed by atoms with E-state index in [0.29, 0.717) is 26.2 Å². The Hall–Kier alpha value is -2.74. The second-order valence-corrected chi connectivity index (χ2v) is 9.50. The molecule has 3 aromatic carbocycles. The van der Waals surface area contributed by atoms with Crippen LogP contribution in [0.1, 0.15) is 5.56 Å². The van der Waals surface area contributed by atoms with Crippen LogP contribution in [0.5, 0.6) is 0 Å². The van der Waals surface area contributed by atoms with Crippen molar-refractivity contribution in [3.05, 3.63) is 78.4 Å². The van der Waals surface area contributed by atoms with E-state index in [1.165, 1.54) is 4.31 Å². The summed E-state index contributed by atoms with van der Waals surface area (Å²) in [6.45, 7) is 2.13. The lowest BCUT2D eigenvalue weighted by molar-refractivity contribution is -0.117. The highest BCUT2D eigenvalue weighted by atomic mass is 32.2. The third kappa shape index (κ3) is 5.05. The molecule has 0 bridgehead atoms. The number of rotatable bonds is 6. The number of sulfonamides is 1. The maximum atomic E-state index is 12.7. The maximum absolute atomic E-state index is 12.7. The first-order chi connectivity index (χ1) is 14.5. The van der Waals surface area contributed by atoms with Crippen molar-refractivity contribution in [1.29, 1.82) is 0 Å². The molecule has 0 atom stereocenters. The SMILES string of the molecule is O=C(CN1CCN(S(=O)(=O)Cc2ccccc2)CC1)Nc1ccc2ccccc2c1. The number of amides is 1. The van der Waals surface area contributed by atoms with Gasteiger partial charge in [0, 0.05) is 31.9 Å². The van der Waals surface area contributed by atoms with Crippen molar-refractivity contribution in [3.63, 3.8) is 0 Å². The molecule has 0 spiro atoms. The molecule has 1 aliphatic heterocycles. The molecule has 4 rings (SSSR count). The van der Waals surface area contributed by atoms with Gasteiger partial charge in [0.1, 0.15) is 0 Å². The number of fused-ring (bicyclic) bond motifs is 1. The number of hydrogen-bond acceptors (Lipinski definition) is 4. The van der Waals surface area contributed by atoms with Gasteiger partial charge >= 0.3 is 0 Å². The minimum absolute atomic E-state index is 0.0102. The lowest BCUT2D eigenvalue weighted by Crippen LogP contribution is -2.50. The van der Waals surface area contributed by atoms with Gasteiger partial charge in [-0.25, -0.2) is 8.42 Å². The number of carbonyl (C=O) groups is 1. The van der Waals surface area contributed by atoms with Crippen LogP contribution in [0.4, 0.5) is 5.69 Å². The number of nitrogens with one attached hydrogen (secondary N) is 1. The van der Waals surface area contributed by atoms with E-state index < -0.39 is 10.0 Å². The van der Waals surface area contributed by atoms with E-state index in [2.05, 4.69) is 5.32 Å². The lowest BCUT2D eigenvalue weighted by Gasteiger charge is -2.33. The topological polar surface area (TPSA) is 69.7 Å². The van der Waals surface area contributed by atoms with Crippen molar-refractivity contribution in [3.8, 4) is 0 Å². The fourth-order valence-electron chi connectivity index (χ4n) is 3.71. The van der Waals surface area contributed by atoms with E-state index in [-0.39, 0.29) is 18.2 Å². The van der Waals surface area contributed by atoms with Crippen molar-refractivity contribution in [2.24, 2.45) is 0 Å². The van der Waals surface area contributed by atoms with Crippen molar-refractivity contribution in [2.45, 2.75) is 5.75 Å². The van der Waals surface area contributed by atoms with Crippen molar-refractivity contribution in [1.82, 2.24) is 9.21 Å². The van der Waals surface area contributed by atoms with Gasteiger partial charge < -0.3 is 5.32 Å². The van der Waals surface area contributed by atoms with Gasteiger partial charge in [0.15, 0.2) is 0 Å². The van der Waals surface area contributed by atoms with Crippen LogP contribution in [0.2, 0.25) is 0 Å². The first-order valence-electron chi connectivity index (χ1n) is 10.0. The first-order valence-corrected chi connectivity index (χ1v) is 11.6. The minimum atomic E-state index is -3.35. The Balaban J connectivity index is 1.29. The molecule has 1 fully saturated rings. The smallest absolute Gasteiger partial charge is 0.238 e. The molecule has 1 heterocycles. The zero-order chi connectivity index (χ0) is 21.0. The second-order valence-electron chi connectivity index (χ2n) is 7.53. The van der Waals surface area contributed by atoms with Gasteiger partial charge in [0.25, 0.3) is 0 Å². The maximum Gasteiger partial charge on any atom is 0.238 e. The van der Waals surface area contributed by atoms with Crippen LogP contribution >= 0.6 is 0 Å². The predicted octanol–water partition coefficient (Wildman–Crippen LogP) is 2.93. The summed E-state index contributed by atoms with van der Waals surface area (Å²) >= 11 is 0. The van der Waals surface area contributed by atoms with Gasteiger partial charge in [-0.1, -0.05) is 60.7 Å². The Kier molecular flexibility index (Phi) is 6.13. The van der Waals surface area contributed by atoms with Gasteiger partial charge in [-0.15, -0.1) is 0 Å². The molecular formula is C23H25N3O3S. The normalized spacial score (nSPS) is 15.9. The lowest BCUT2D eigenvalue weighted by atomic mass is 10.1. The molecule has 156 valence electrons. The quantitative estimate of drug-likeness (QED) is 0.662. The Morgan fingerprint density at radius 1 is 0.833 bits per heavy atom. The average Bonchev–Trinajstić information content (AvgIpc) is 2.74. The fourth-order valence-corrected chi connectivity index (χ4v) is 5.23. The molecule has 1 amide bonds. The molecule has 0 saturated carbocycles. The van der Waals surface area contributed by atoms with Crippen LogP contribution in [-0.2, 0) is 20.6 Å².